The van der Waals surface area contributed by atoms with Crippen molar-refractivity contribution in [3.05, 3.63) is 54.5 Å². The van der Waals surface area contributed by atoms with Crippen LogP contribution >= 0.6 is 0 Å². The Balaban J connectivity index is 2.09. The topological polar surface area (TPSA) is 93.8 Å². The van der Waals surface area contributed by atoms with Gasteiger partial charge in [0, 0.05) is 35.9 Å². The Kier molecular flexibility index (Phi) is 3.61. The van der Waals surface area contributed by atoms with Crippen LogP contribution in [0.25, 0.3) is 17.2 Å². The number of nitrogens with zero attached hydrogens (tertiary/aromatic N) is 5. The van der Waals surface area contributed by atoms with Crippen LogP contribution in [0.15, 0.2) is 43.1 Å². The monoisotopic (exact) mass is 295 g/mol. The molecule has 7 nitrogen and oxygen atoms in total. The predicted molar refractivity (Wildman–Crippen MR) is 78.7 cm³/mol. The lowest BCUT2D eigenvalue weighted by Crippen LogP contribution is -2.02. The standard InChI is InChI=1S/C15H13N5O2/c1-2-11-6-13(20-8-12(15(21)22)17-9-20)19-14(18-11)10-4-3-5-16-7-10/h3-9H,2H2,1H3,(H,21,22). The summed E-state index contributed by atoms with van der Waals surface area (Å²) in [5.41, 5.74) is 1.63. The summed E-state index contributed by atoms with van der Waals surface area (Å²) in [6.45, 7) is 2.00. The van der Waals surface area contributed by atoms with Crippen molar-refractivity contribution in [2.75, 3.05) is 0 Å². The van der Waals surface area contributed by atoms with Gasteiger partial charge >= 0.3 is 5.97 Å². The van der Waals surface area contributed by atoms with Gasteiger partial charge in [0.15, 0.2) is 11.5 Å². The molecular weight excluding hydrogens is 282 g/mol. The Labute approximate surface area is 126 Å². The number of hydrogen-bond acceptors (Lipinski definition) is 5. The largest absolute Gasteiger partial charge is 0.476 e. The molecule has 22 heavy (non-hydrogen) atoms. The Morgan fingerprint density at radius 1 is 1.36 bits per heavy atom. The fraction of sp³-hybridized carbons (Fsp3) is 0.133. The van der Waals surface area contributed by atoms with Gasteiger partial charge in [-0.3, -0.25) is 9.55 Å². The molecule has 0 amide bonds. The molecule has 3 aromatic rings. The van der Waals surface area contributed by atoms with E-state index in [1.165, 1.54) is 12.5 Å². The van der Waals surface area contributed by atoms with Crippen molar-refractivity contribution >= 4 is 5.97 Å². The summed E-state index contributed by atoms with van der Waals surface area (Å²) in [7, 11) is 0. The van der Waals surface area contributed by atoms with Crippen LogP contribution in [0.2, 0.25) is 0 Å². The molecule has 0 saturated heterocycles. The van der Waals surface area contributed by atoms with Crippen LogP contribution < -0.4 is 0 Å². The number of pyridine rings is 1. The van der Waals surface area contributed by atoms with Crippen LogP contribution in [0.1, 0.15) is 23.1 Å². The van der Waals surface area contributed by atoms with Crippen LogP contribution in [0.3, 0.4) is 0 Å². The van der Waals surface area contributed by atoms with Gasteiger partial charge in [0.1, 0.15) is 12.1 Å². The number of aryl methyl sites for hydroxylation is 1. The third-order valence-corrected chi connectivity index (χ3v) is 3.11. The molecule has 0 bridgehead atoms. The highest BCUT2D eigenvalue weighted by Gasteiger charge is 2.11. The minimum absolute atomic E-state index is 0.0282. The third-order valence-electron chi connectivity index (χ3n) is 3.11. The van der Waals surface area contributed by atoms with E-state index in [1.54, 1.807) is 17.0 Å². The summed E-state index contributed by atoms with van der Waals surface area (Å²) in [6.07, 6.45) is 6.97. The summed E-state index contributed by atoms with van der Waals surface area (Å²) in [5, 5.41) is 8.96. The SMILES string of the molecule is CCc1cc(-n2cnc(C(=O)O)c2)nc(-c2cccnc2)n1. The molecule has 0 atom stereocenters. The van der Waals surface area contributed by atoms with E-state index in [0.29, 0.717) is 11.6 Å². The summed E-state index contributed by atoms with van der Waals surface area (Å²) in [6, 6.07) is 5.51. The maximum Gasteiger partial charge on any atom is 0.356 e. The van der Waals surface area contributed by atoms with E-state index in [4.69, 9.17) is 5.11 Å². The number of rotatable bonds is 4. The fourth-order valence-corrected chi connectivity index (χ4v) is 1.98. The van der Waals surface area contributed by atoms with Crippen molar-refractivity contribution in [2.45, 2.75) is 13.3 Å². The lowest BCUT2D eigenvalue weighted by molar-refractivity contribution is 0.0691. The van der Waals surface area contributed by atoms with Gasteiger partial charge < -0.3 is 5.11 Å². The fourth-order valence-electron chi connectivity index (χ4n) is 1.98. The second kappa shape index (κ2) is 5.72. The van der Waals surface area contributed by atoms with Crippen LogP contribution in [0.5, 0.6) is 0 Å². The first-order valence-electron chi connectivity index (χ1n) is 6.73. The van der Waals surface area contributed by atoms with Crippen molar-refractivity contribution in [1.29, 1.82) is 0 Å². The molecule has 3 rings (SSSR count). The number of hydrogen-bond donors (Lipinski definition) is 1. The molecule has 1 N–H and O–H groups in total. The number of carboxylic acids is 1. The Bertz CT molecular complexity index is 814. The van der Waals surface area contributed by atoms with Gasteiger partial charge in [-0.05, 0) is 18.6 Å². The molecule has 3 aromatic heterocycles. The van der Waals surface area contributed by atoms with Crippen LogP contribution in [0.4, 0.5) is 0 Å². The summed E-state index contributed by atoms with van der Waals surface area (Å²) in [4.78, 5) is 27.8. The van der Waals surface area contributed by atoms with E-state index in [0.717, 1.165) is 17.7 Å². The molecule has 7 heteroatoms. The number of aromatic carboxylic acids is 1. The number of aromatic nitrogens is 5. The number of carboxylic acid groups (broad SMARTS) is 1. The molecule has 0 radical (unpaired) electrons. The van der Waals surface area contributed by atoms with Gasteiger partial charge in [0.05, 0.1) is 0 Å². The molecule has 0 aromatic carbocycles. The van der Waals surface area contributed by atoms with Crippen molar-refractivity contribution in [2.24, 2.45) is 0 Å². The zero-order chi connectivity index (χ0) is 15.5. The highest BCUT2D eigenvalue weighted by atomic mass is 16.4. The quantitative estimate of drug-likeness (QED) is 0.791. The number of carbonyl (C=O) groups is 1. The van der Waals surface area contributed by atoms with Crippen molar-refractivity contribution in [1.82, 2.24) is 24.5 Å². The summed E-state index contributed by atoms with van der Waals surface area (Å²) >= 11 is 0. The Hall–Kier alpha value is -3.09. The first-order valence-corrected chi connectivity index (χ1v) is 6.73. The number of imidazole rings is 1. The minimum atomic E-state index is -1.07. The normalized spacial score (nSPS) is 10.6. The van der Waals surface area contributed by atoms with Gasteiger partial charge in [0.2, 0.25) is 0 Å². The van der Waals surface area contributed by atoms with Crippen molar-refractivity contribution in [3.8, 4) is 17.2 Å². The molecule has 110 valence electrons. The molecule has 3 heterocycles. The average molecular weight is 295 g/mol. The van der Waals surface area contributed by atoms with E-state index in [2.05, 4.69) is 19.9 Å². The zero-order valence-corrected chi connectivity index (χ0v) is 11.8. The maximum atomic E-state index is 10.9. The van der Waals surface area contributed by atoms with Crippen LogP contribution in [-0.4, -0.2) is 35.6 Å². The van der Waals surface area contributed by atoms with Crippen LogP contribution in [-0.2, 0) is 6.42 Å². The molecule has 0 spiro atoms. The average Bonchev–Trinajstić information content (AvgIpc) is 3.05. The molecule has 0 aliphatic rings. The van der Waals surface area contributed by atoms with Crippen LogP contribution in [0, 0.1) is 0 Å². The highest BCUT2D eigenvalue weighted by molar-refractivity contribution is 5.85. The molecule has 0 unspecified atom stereocenters. The summed E-state index contributed by atoms with van der Waals surface area (Å²) < 4.78 is 1.57. The van der Waals surface area contributed by atoms with Crippen molar-refractivity contribution < 1.29 is 9.90 Å². The highest BCUT2D eigenvalue weighted by Crippen LogP contribution is 2.17. The Morgan fingerprint density at radius 3 is 2.86 bits per heavy atom. The van der Waals surface area contributed by atoms with E-state index in [1.807, 2.05) is 25.1 Å². The minimum Gasteiger partial charge on any atom is -0.476 e. The van der Waals surface area contributed by atoms with Gasteiger partial charge in [-0.2, -0.15) is 0 Å². The molecule has 0 aliphatic heterocycles. The molecule has 0 saturated carbocycles. The van der Waals surface area contributed by atoms with Gasteiger partial charge in [-0.15, -0.1) is 0 Å². The van der Waals surface area contributed by atoms with Gasteiger partial charge in [0.25, 0.3) is 0 Å². The smallest absolute Gasteiger partial charge is 0.356 e. The van der Waals surface area contributed by atoms with E-state index < -0.39 is 5.97 Å². The van der Waals surface area contributed by atoms with E-state index in [9.17, 15) is 4.79 Å². The van der Waals surface area contributed by atoms with Crippen molar-refractivity contribution in [3.63, 3.8) is 0 Å². The lowest BCUT2D eigenvalue weighted by atomic mass is 10.2. The Morgan fingerprint density at radius 2 is 2.23 bits per heavy atom. The predicted octanol–water partition coefficient (Wildman–Crippen LogP) is 1.98. The van der Waals surface area contributed by atoms with E-state index in [-0.39, 0.29) is 5.69 Å². The molecular formula is C15H13N5O2. The van der Waals surface area contributed by atoms with E-state index >= 15 is 0 Å². The maximum absolute atomic E-state index is 10.9. The second-order valence-corrected chi connectivity index (χ2v) is 4.61. The van der Waals surface area contributed by atoms with Gasteiger partial charge in [-0.1, -0.05) is 6.92 Å². The van der Waals surface area contributed by atoms with Gasteiger partial charge in [-0.25, -0.2) is 19.7 Å². The lowest BCUT2D eigenvalue weighted by Gasteiger charge is -2.07. The zero-order valence-electron chi connectivity index (χ0n) is 11.8. The third kappa shape index (κ3) is 2.69. The molecule has 0 aliphatic carbocycles. The first kappa shape index (κ1) is 13.9. The first-order chi connectivity index (χ1) is 10.7. The summed E-state index contributed by atoms with van der Waals surface area (Å²) in [5.74, 6) is 0.0507. The molecule has 0 fully saturated rings. The second-order valence-electron chi connectivity index (χ2n) is 4.61.